The summed E-state index contributed by atoms with van der Waals surface area (Å²) in [5.41, 5.74) is 2.43. The zero-order valence-electron chi connectivity index (χ0n) is 22.2. The minimum Gasteiger partial charge on any atom is -0.462 e. The summed E-state index contributed by atoms with van der Waals surface area (Å²) in [6.45, 7) is 3.19. The van der Waals surface area contributed by atoms with E-state index in [4.69, 9.17) is 4.74 Å². The van der Waals surface area contributed by atoms with Crippen molar-refractivity contribution in [2.45, 2.75) is 37.5 Å². The van der Waals surface area contributed by atoms with E-state index in [1.807, 2.05) is 23.1 Å². The second kappa shape index (κ2) is 11.9. The quantitative estimate of drug-likeness (QED) is 0.410. The summed E-state index contributed by atoms with van der Waals surface area (Å²) in [6.07, 6.45) is 2.81. The molecule has 210 valence electrons. The second-order valence-corrected chi connectivity index (χ2v) is 12.8. The molecule has 1 aromatic heterocycles. The molecule has 0 aliphatic carbocycles. The summed E-state index contributed by atoms with van der Waals surface area (Å²) in [4.78, 5) is 40.2. The fourth-order valence-corrected chi connectivity index (χ4v) is 7.42. The number of rotatable bonds is 7. The van der Waals surface area contributed by atoms with E-state index < -0.39 is 21.9 Å². The average molecular weight is 582 g/mol. The lowest BCUT2D eigenvalue weighted by atomic mass is 9.94. The maximum Gasteiger partial charge on any atom is 0.348 e. The van der Waals surface area contributed by atoms with E-state index in [-0.39, 0.29) is 42.0 Å². The smallest absolute Gasteiger partial charge is 0.348 e. The van der Waals surface area contributed by atoms with E-state index in [2.05, 4.69) is 11.4 Å². The fourth-order valence-electron chi connectivity index (χ4n) is 5.15. The van der Waals surface area contributed by atoms with Crippen molar-refractivity contribution in [2.24, 2.45) is 5.92 Å². The lowest BCUT2D eigenvalue weighted by molar-refractivity contribution is -0.123. The summed E-state index contributed by atoms with van der Waals surface area (Å²) >= 11 is 1.10. The lowest BCUT2D eigenvalue weighted by Crippen LogP contribution is -2.45. The van der Waals surface area contributed by atoms with Gasteiger partial charge in [-0.05, 0) is 80.6 Å². The number of sulfonamides is 1. The number of hydrogen-bond donors (Lipinski definition) is 1. The van der Waals surface area contributed by atoms with E-state index in [1.54, 1.807) is 19.1 Å². The normalized spacial score (nSPS) is 16.3. The minimum absolute atomic E-state index is 0.0691. The van der Waals surface area contributed by atoms with Gasteiger partial charge in [-0.15, -0.1) is 11.3 Å². The molecule has 0 atom stereocenters. The number of hydrogen-bond acceptors (Lipinski definition) is 7. The number of piperidine rings is 1. The molecular formula is C29H31N3O6S2. The van der Waals surface area contributed by atoms with Gasteiger partial charge >= 0.3 is 5.97 Å². The van der Waals surface area contributed by atoms with Crippen LogP contribution in [0.15, 0.2) is 65.6 Å². The number of thiophene rings is 1. The van der Waals surface area contributed by atoms with Crippen LogP contribution in [-0.2, 0) is 26.0 Å². The lowest BCUT2D eigenvalue weighted by Gasteiger charge is -2.36. The van der Waals surface area contributed by atoms with Gasteiger partial charge in [-0.25, -0.2) is 13.2 Å². The van der Waals surface area contributed by atoms with Gasteiger partial charge in [0, 0.05) is 36.8 Å². The molecule has 0 bridgehead atoms. The van der Waals surface area contributed by atoms with Gasteiger partial charge in [0.1, 0.15) is 4.88 Å². The van der Waals surface area contributed by atoms with Crippen molar-refractivity contribution in [1.29, 1.82) is 0 Å². The maximum absolute atomic E-state index is 13.3. The first-order chi connectivity index (χ1) is 19.3. The number of para-hydroxylation sites is 1. The van der Waals surface area contributed by atoms with Crippen LogP contribution >= 0.6 is 11.3 Å². The topological polar surface area (TPSA) is 113 Å². The number of ether oxygens (including phenoxy) is 1. The van der Waals surface area contributed by atoms with Crippen LogP contribution in [-0.4, -0.2) is 56.7 Å². The Kier molecular flexibility index (Phi) is 8.34. The standard InChI is InChI=1S/C29H31N3O6S2/c1-2-38-29(35)25-13-14-26(39-25)30-27(33)21-9-11-23(12-10-21)40(36,37)31-18-15-22(16-19-31)28(34)32-17-5-7-20-6-3-4-8-24(20)32/h3-4,6,8-14,22H,2,5,7,15-19H2,1H3,(H,30,33). The number of nitrogens with one attached hydrogen (secondary N) is 1. The van der Waals surface area contributed by atoms with Gasteiger partial charge in [0.2, 0.25) is 15.9 Å². The highest BCUT2D eigenvalue weighted by molar-refractivity contribution is 7.89. The van der Waals surface area contributed by atoms with E-state index in [0.29, 0.717) is 29.3 Å². The Bertz CT molecular complexity index is 1510. The van der Waals surface area contributed by atoms with E-state index >= 15 is 0 Å². The minimum atomic E-state index is -3.77. The van der Waals surface area contributed by atoms with Gasteiger partial charge in [-0.3, -0.25) is 9.59 Å². The monoisotopic (exact) mass is 581 g/mol. The highest BCUT2D eigenvalue weighted by Gasteiger charge is 2.35. The molecular weight excluding hydrogens is 550 g/mol. The van der Waals surface area contributed by atoms with Gasteiger partial charge in [0.25, 0.3) is 5.91 Å². The molecule has 0 unspecified atom stereocenters. The number of aryl methyl sites for hydroxylation is 1. The Morgan fingerprint density at radius 1 is 0.975 bits per heavy atom. The number of benzene rings is 2. The summed E-state index contributed by atoms with van der Waals surface area (Å²) in [6, 6.07) is 16.9. The molecule has 9 nitrogen and oxygen atoms in total. The molecule has 5 rings (SSSR count). The third-order valence-corrected chi connectivity index (χ3v) is 10.1. The number of esters is 1. The van der Waals surface area contributed by atoms with Crippen LogP contribution in [0.2, 0.25) is 0 Å². The summed E-state index contributed by atoms with van der Waals surface area (Å²) in [5, 5.41) is 3.20. The van der Waals surface area contributed by atoms with E-state index in [0.717, 1.165) is 29.9 Å². The number of anilines is 2. The predicted molar refractivity (Wildman–Crippen MR) is 153 cm³/mol. The molecule has 1 N–H and O–H groups in total. The SMILES string of the molecule is CCOC(=O)c1ccc(NC(=O)c2ccc(S(=O)(=O)N3CCC(C(=O)N4CCCc5ccccc54)CC3)cc2)s1. The Morgan fingerprint density at radius 3 is 2.42 bits per heavy atom. The van der Waals surface area contributed by atoms with Crippen molar-refractivity contribution >= 4 is 49.8 Å². The number of carbonyl (C=O) groups excluding carboxylic acids is 3. The molecule has 1 fully saturated rings. The van der Waals surface area contributed by atoms with Crippen LogP contribution in [0.3, 0.4) is 0 Å². The largest absolute Gasteiger partial charge is 0.462 e. The zero-order valence-corrected chi connectivity index (χ0v) is 23.8. The maximum atomic E-state index is 13.3. The highest BCUT2D eigenvalue weighted by Crippen LogP contribution is 2.31. The van der Waals surface area contributed by atoms with Crippen molar-refractivity contribution in [1.82, 2.24) is 4.31 Å². The Hall–Kier alpha value is -3.54. The molecule has 3 heterocycles. The number of carbonyl (C=O) groups is 3. The first kappa shape index (κ1) is 28.0. The number of amides is 2. The van der Waals surface area contributed by atoms with Crippen LogP contribution in [0, 0.1) is 5.92 Å². The molecule has 2 aliphatic rings. The van der Waals surface area contributed by atoms with Crippen molar-refractivity contribution < 1.29 is 27.5 Å². The molecule has 2 amide bonds. The molecule has 2 aliphatic heterocycles. The second-order valence-electron chi connectivity index (χ2n) is 9.76. The zero-order chi connectivity index (χ0) is 28.3. The van der Waals surface area contributed by atoms with Crippen LogP contribution in [0.4, 0.5) is 10.7 Å². The molecule has 11 heteroatoms. The molecule has 2 aromatic carbocycles. The predicted octanol–water partition coefficient (Wildman–Crippen LogP) is 4.56. The summed E-state index contributed by atoms with van der Waals surface area (Å²) in [7, 11) is -3.77. The highest BCUT2D eigenvalue weighted by atomic mass is 32.2. The third kappa shape index (κ3) is 5.81. The van der Waals surface area contributed by atoms with Gasteiger partial charge in [0.15, 0.2) is 0 Å². The first-order valence-electron chi connectivity index (χ1n) is 13.4. The molecule has 3 aromatic rings. The molecule has 0 spiro atoms. The first-order valence-corrected chi connectivity index (χ1v) is 15.6. The van der Waals surface area contributed by atoms with Crippen LogP contribution in [0.25, 0.3) is 0 Å². The van der Waals surface area contributed by atoms with Crippen LogP contribution in [0.5, 0.6) is 0 Å². The molecule has 40 heavy (non-hydrogen) atoms. The summed E-state index contributed by atoms with van der Waals surface area (Å²) < 4.78 is 33.0. The molecule has 0 saturated carbocycles. The van der Waals surface area contributed by atoms with Crippen LogP contribution in [0.1, 0.15) is 51.8 Å². The van der Waals surface area contributed by atoms with Crippen molar-refractivity contribution in [3.8, 4) is 0 Å². The molecule has 0 radical (unpaired) electrons. The van der Waals surface area contributed by atoms with Crippen molar-refractivity contribution in [2.75, 3.05) is 36.5 Å². The van der Waals surface area contributed by atoms with Gasteiger partial charge in [-0.1, -0.05) is 18.2 Å². The number of nitrogens with zero attached hydrogens (tertiary/aromatic N) is 2. The summed E-state index contributed by atoms with van der Waals surface area (Å²) in [5.74, 6) is -1.02. The van der Waals surface area contributed by atoms with Crippen molar-refractivity contribution in [3.63, 3.8) is 0 Å². The number of fused-ring (bicyclic) bond motifs is 1. The van der Waals surface area contributed by atoms with Crippen LogP contribution < -0.4 is 10.2 Å². The van der Waals surface area contributed by atoms with E-state index in [1.165, 1.54) is 34.1 Å². The molecule has 1 saturated heterocycles. The van der Waals surface area contributed by atoms with Gasteiger partial charge < -0.3 is 15.0 Å². The Morgan fingerprint density at radius 2 is 1.70 bits per heavy atom. The van der Waals surface area contributed by atoms with Gasteiger partial charge in [-0.2, -0.15) is 4.31 Å². The van der Waals surface area contributed by atoms with E-state index in [9.17, 15) is 22.8 Å². The fraction of sp³-hybridized carbons (Fsp3) is 0.345. The Balaban J connectivity index is 1.19. The average Bonchev–Trinajstić information content (AvgIpc) is 3.45. The van der Waals surface area contributed by atoms with Gasteiger partial charge in [0.05, 0.1) is 16.5 Å². The van der Waals surface area contributed by atoms with Crippen molar-refractivity contribution in [3.05, 3.63) is 76.7 Å². The third-order valence-electron chi connectivity index (χ3n) is 7.25. The Labute approximate surface area is 237 Å².